The van der Waals surface area contributed by atoms with Gasteiger partial charge in [-0.3, -0.25) is 4.79 Å². The molecule has 0 saturated carbocycles. The lowest BCUT2D eigenvalue weighted by molar-refractivity contribution is 0.0854. The highest BCUT2D eigenvalue weighted by Crippen LogP contribution is 2.45. The zero-order valence-corrected chi connectivity index (χ0v) is 17.5. The van der Waals surface area contributed by atoms with Crippen molar-refractivity contribution in [3.63, 3.8) is 0 Å². The molecule has 0 heterocycles. The molecule has 2 aromatic rings. The van der Waals surface area contributed by atoms with Gasteiger partial charge < -0.3 is 10.2 Å². The molecule has 5 nitrogen and oxygen atoms in total. The molecule has 0 aliphatic carbocycles. The lowest BCUT2D eigenvalue weighted by Crippen LogP contribution is -2.23. The first-order chi connectivity index (χ1) is 13.7. The number of allylic oxidation sites excluding steroid dienone is 1. The van der Waals surface area contributed by atoms with Crippen LogP contribution in [0.1, 0.15) is 60.2 Å². The second-order valence-electron chi connectivity index (χ2n) is 7.40. The molecule has 0 saturated heterocycles. The van der Waals surface area contributed by atoms with Gasteiger partial charge in [-0.2, -0.15) is 5.26 Å². The third-order valence-corrected chi connectivity index (χ3v) is 4.98. The number of nitriles is 1. The fraction of sp³-hybridized carbons (Fsp3) is 0.333. The summed E-state index contributed by atoms with van der Waals surface area (Å²) in [5.74, 6) is -1.00. The van der Waals surface area contributed by atoms with Crippen molar-refractivity contribution in [2.45, 2.75) is 46.5 Å². The maximum absolute atomic E-state index is 12.9. The summed E-state index contributed by atoms with van der Waals surface area (Å²) in [4.78, 5) is 13.8. The zero-order chi connectivity index (χ0) is 21.7. The molecule has 0 unspecified atom stereocenters. The topological polar surface area (TPSA) is 84.6 Å². The predicted molar refractivity (Wildman–Crippen MR) is 116 cm³/mol. The van der Waals surface area contributed by atoms with Gasteiger partial charge in [-0.25, -0.2) is 4.90 Å². The van der Waals surface area contributed by atoms with Crippen LogP contribution in [-0.4, -0.2) is 28.1 Å². The molecular formula is C24H28N2O3. The normalized spacial score (nSPS) is 10.4. The number of benzene rings is 2. The summed E-state index contributed by atoms with van der Waals surface area (Å²) < 4.78 is 0. The molecule has 0 spiro atoms. The number of hydrogen-bond acceptors (Lipinski definition) is 4. The molecular weight excluding hydrogens is 364 g/mol. The number of amides is 1. The summed E-state index contributed by atoms with van der Waals surface area (Å²) in [7, 11) is 1.36. The number of carbonyl (C=O) groups is 1. The number of unbranched alkanes of at least 4 members (excludes halogenated alkanes) is 2. The first-order valence-electron chi connectivity index (χ1n) is 9.75. The smallest absolute Gasteiger partial charge is 0.270 e. The van der Waals surface area contributed by atoms with E-state index in [0.717, 1.165) is 40.9 Å². The third-order valence-electron chi connectivity index (χ3n) is 4.98. The Morgan fingerprint density at radius 1 is 1.24 bits per heavy atom. The van der Waals surface area contributed by atoms with Crippen LogP contribution in [0.2, 0.25) is 0 Å². The Hall–Kier alpha value is -3.26. The van der Waals surface area contributed by atoms with Gasteiger partial charge in [0, 0.05) is 7.05 Å². The Kier molecular flexibility index (Phi) is 7.06. The highest BCUT2D eigenvalue weighted by molar-refractivity contribution is 6.03. The van der Waals surface area contributed by atoms with E-state index in [1.807, 2.05) is 32.0 Å². The molecule has 29 heavy (non-hydrogen) atoms. The van der Waals surface area contributed by atoms with E-state index in [0.29, 0.717) is 17.5 Å². The van der Waals surface area contributed by atoms with Gasteiger partial charge in [-0.15, -0.1) is 0 Å². The van der Waals surface area contributed by atoms with E-state index in [9.17, 15) is 15.0 Å². The Morgan fingerprint density at radius 3 is 2.52 bits per heavy atom. The fourth-order valence-corrected chi connectivity index (χ4v) is 3.42. The quantitative estimate of drug-likeness (QED) is 0.376. The summed E-state index contributed by atoms with van der Waals surface area (Å²) in [5, 5.41) is 31.1. The van der Waals surface area contributed by atoms with E-state index in [4.69, 9.17) is 5.26 Å². The molecule has 0 radical (unpaired) electrons. The zero-order valence-electron chi connectivity index (χ0n) is 17.5. The third kappa shape index (κ3) is 4.60. The van der Waals surface area contributed by atoms with E-state index in [1.54, 1.807) is 6.19 Å². The second kappa shape index (κ2) is 9.29. The molecule has 5 heteroatoms. The van der Waals surface area contributed by atoms with Crippen LogP contribution in [-0.2, 0) is 6.42 Å². The van der Waals surface area contributed by atoms with Crippen molar-refractivity contribution in [2.75, 3.05) is 7.05 Å². The Bertz CT molecular complexity index is 987. The SMILES string of the molecule is C=C(C)c1ccc(C)cc1-c1c(O)cc(CCCCC)c(C(=O)N(C)C#N)c1O. The van der Waals surface area contributed by atoms with Gasteiger partial charge in [-0.1, -0.05) is 55.7 Å². The van der Waals surface area contributed by atoms with Crippen LogP contribution in [0.25, 0.3) is 16.7 Å². The van der Waals surface area contributed by atoms with Gasteiger partial charge in [0.2, 0.25) is 0 Å². The molecule has 0 aliphatic heterocycles. The van der Waals surface area contributed by atoms with Crippen molar-refractivity contribution < 1.29 is 15.0 Å². The van der Waals surface area contributed by atoms with Crippen LogP contribution in [0.15, 0.2) is 30.8 Å². The Morgan fingerprint density at radius 2 is 1.93 bits per heavy atom. The van der Waals surface area contributed by atoms with Gasteiger partial charge in [0.15, 0.2) is 6.19 Å². The highest BCUT2D eigenvalue weighted by Gasteiger charge is 2.26. The summed E-state index contributed by atoms with van der Waals surface area (Å²) in [6.07, 6.45) is 5.09. The lowest BCUT2D eigenvalue weighted by atomic mass is 9.88. The minimum atomic E-state index is -0.595. The van der Waals surface area contributed by atoms with Crippen molar-refractivity contribution in [1.82, 2.24) is 4.90 Å². The Labute approximate surface area is 172 Å². The van der Waals surface area contributed by atoms with E-state index in [1.165, 1.54) is 13.1 Å². The molecule has 2 aromatic carbocycles. The molecule has 0 atom stereocenters. The molecule has 2 rings (SSSR count). The summed E-state index contributed by atoms with van der Waals surface area (Å²) in [5.41, 5.74) is 3.86. The summed E-state index contributed by atoms with van der Waals surface area (Å²) in [6, 6.07) is 7.19. The van der Waals surface area contributed by atoms with Crippen LogP contribution in [0, 0.1) is 18.4 Å². The van der Waals surface area contributed by atoms with Crippen LogP contribution in [0.3, 0.4) is 0 Å². The van der Waals surface area contributed by atoms with Crippen LogP contribution < -0.4 is 0 Å². The standard InChI is InChI=1S/C24H28N2O3/c1-6-7-8-9-17-13-20(27)22(23(28)21(17)24(29)26(5)14-25)19-12-16(4)10-11-18(19)15(2)3/h10-13,27-28H,2,6-9H2,1,3-5H3. The van der Waals surface area contributed by atoms with Crippen molar-refractivity contribution >= 4 is 11.5 Å². The van der Waals surface area contributed by atoms with Crippen LogP contribution >= 0.6 is 0 Å². The van der Waals surface area contributed by atoms with Gasteiger partial charge in [0.05, 0.1) is 11.1 Å². The van der Waals surface area contributed by atoms with Gasteiger partial charge in [0.25, 0.3) is 5.91 Å². The second-order valence-corrected chi connectivity index (χ2v) is 7.40. The summed E-state index contributed by atoms with van der Waals surface area (Å²) >= 11 is 0. The Balaban J connectivity index is 2.80. The predicted octanol–water partition coefficient (Wildman–Crippen LogP) is 5.39. The van der Waals surface area contributed by atoms with E-state index in [2.05, 4.69) is 13.5 Å². The largest absolute Gasteiger partial charge is 0.507 e. The number of nitrogens with zero attached hydrogens (tertiary/aromatic N) is 2. The maximum Gasteiger partial charge on any atom is 0.270 e. The lowest BCUT2D eigenvalue weighted by Gasteiger charge is -2.20. The monoisotopic (exact) mass is 392 g/mol. The van der Waals surface area contributed by atoms with E-state index < -0.39 is 5.91 Å². The van der Waals surface area contributed by atoms with E-state index in [-0.39, 0.29) is 22.6 Å². The van der Waals surface area contributed by atoms with Crippen LogP contribution in [0.4, 0.5) is 0 Å². The van der Waals surface area contributed by atoms with Gasteiger partial charge in [-0.05, 0) is 49.4 Å². The average Bonchev–Trinajstić information content (AvgIpc) is 2.66. The average molecular weight is 392 g/mol. The first kappa shape index (κ1) is 22.0. The fourth-order valence-electron chi connectivity index (χ4n) is 3.42. The molecule has 0 aliphatic rings. The minimum absolute atomic E-state index is 0.0622. The van der Waals surface area contributed by atoms with Gasteiger partial charge in [0.1, 0.15) is 11.5 Å². The van der Waals surface area contributed by atoms with Crippen molar-refractivity contribution in [1.29, 1.82) is 5.26 Å². The van der Waals surface area contributed by atoms with Gasteiger partial charge >= 0.3 is 0 Å². The number of rotatable bonds is 7. The van der Waals surface area contributed by atoms with Crippen molar-refractivity contribution in [2.24, 2.45) is 0 Å². The molecule has 0 aromatic heterocycles. The number of carbonyl (C=O) groups excluding carboxylic acids is 1. The summed E-state index contributed by atoms with van der Waals surface area (Å²) in [6.45, 7) is 9.81. The van der Waals surface area contributed by atoms with Crippen LogP contribution in [0.5, 0.6) is 11.5 Å². The molecule has 152 valence electrons. The van der Waals surface area contributed by atoms with E-state index >= 15 is 0 Å². The first-order valence-corrected chi connectivity index (χ1v) is 9.75. The van der Waals surface area contributed by atoms with Crippen molar-refractivity contribution in [3.05, 3.63) is 53.1 Å². The number of aryl methyl sites for hydroxylation is 2. The minimum Gasteiger partial charge on any atom is -0.507 e. The number of phenolic OH excluding ortho intramolecular Hbond substituents is 2. The number of phenols is 2. The molecule has 0 bridgehead atoms. The highest BCUT2D eigenvalue weighted by atomic mass is 16.3. The molecule has 1 amide bonds. The molecule has 2 N–H and O–H groups in total. The van der Waals surface area contributed by atoms with Crippen molar-refractivity contribution in [3.8, 4) is 28.8 Å². The number of hydrogen-bond donors (Lipinski definition) is 2. The molecule has 0 fully saturated rings. The maximum atomic E-state index is 12.9. The number of aromatic hydroxyl groups is 2.